The van der Waals surface area contributed by atoms with Crippen LogP contribution in [0.1, 0.15) is 50.0 Å². The molecule has 0 unspecified atom stereocenters. The molecular weight excluding hydrogens is 282 g/mol. The number of aliphatic carboxylic acids is 1. The molecule has 2 rings (SSSR count). The third kappa shape index (κ3) is 4.97. The lowest BCUT2D eigenvalue weighted by Crippen LogP contribution is -2.35. The molecule has 1 aromatic rings. The summed E-state index contributed by atoms with van der Waals surface area (Å²) < 4.78 is 0. The van der Waals surface area contributed by atoms with E-state index in [0.717, 1.165) is 18.7 Å². The lowest BCUT2D eigenvalue weighted by atomic mass is 10.1. The van der Waals surface area contributed by atoms with Crippen LogP contribution in [-0.4, -0.2) is 28.6 Å². The zero-order valence-electron chi connectivity index (χ0n) is 12.9. The molecule has 1 aliphatic rings. The maximum atomic E-state index is 10.7. The second-order valence-corrected chi connectivity index (χ2v) is 7.23. The first kappa shape index (κ1) is 16.2. The van der Waals surface area contributed by atoms with E-state index in [9.17, 15) is 4.79 Å². The molecule has 1 fully saturated rings. The minimum atomic E-state index is -0.887. The van der Waals surface area contributed by atoms with Gasteiger partial charge in [0.05, 0.1) is 0 Å². The summed E-state index contributed by atoms with van der Waals surface area (Å²) in [6.07, 6.45) is 8.24. The Morgan fingerprint density at radius 3 is 2.81 bits per heavy atom. The molecule has 0 aromatic carbocycles. The molecule has 4 heteroatoms. The third-order valence-corrected chi connectivity index (χ3v) is 4.89. The summed E-state index contributed by atoms with van der Waals surface area (Å²) >= 11 is 1.73. The molecule has 116 valence electrons. The molecule has 0 spiro atoms. The van der Waals surface area contributed by atoms with Gasteiger partial charge in [-0.1, -0.05) is 26.7 Å². The quantitative estimate of drug-likeness (QED) is 0.766. The standard InChI is InChI=1S/C17H25NO2S/c1-13(2)11-18(15-5-3-4-6-15)12-16-14(9-10-21-16)7-8-17(19)20/h7-10,13,15H,3-6,11-12H2,1-2H3,(H,19,20)/b8-7+. The summed E-state index contributed by atoms with van der Waals surface area (Å²) in [4.78, 5) is 14.6. The predicted octanol–water partition coefficient (Wildman–Crippen LogP) is 4.25. The van der Waals surface area contributed by atoms with Gasteiger partial charge in [0.1, 0.15) is 0 Å². The van der Waals surface area contributed by atoms with Crippen molar-refractivity contribution in [1.82, 2.24) is 4.90 Å². The molecule has 1 aliphatic carbocycles. The van der Waals surface area contributed by atoms with Gasteiger partial charge in [0.15, 0.2) is 0 Å². The van der Waals surface area contributed by atoms with E-state index in [2.05, 4.69) is 24.1 Å². The van der Waals surface area contributed by atoms with Crippen LogP contribution in [0.5, 0.6) is 0 Å². The molecule has 0 aliphatic heterocycles. The van der Waals surface area contributed by atoms with Crippen molar-refractivity contribution >= 4 is 23.4 Å². The van der Waals surface area contributed by atoms with Crippen LogP contribution in [-0.2, 0) is 11.3 Å². The maximum Gasteiger partial charge on any atom is 0.328 e. The van der Waals surface area contributed by atoms with Crippen molar-refractivity contribution in [2.24, 2.45) is 5.92 Å². The fraction of sp³-hybridized carbons (Fsp3) is 0.588. The lowest BCUT2D eigenvalue weighted by Gasteiger charge is -2.30. The van der Waals surface area contributed by atoms with E-state index < -0.39 is 5.97 Å². The highest BCUT2D eigenvalue weighted by Gasteiger charge is 2.24. The first-order valence-electron chi connectivity index (χ1n) is 7.77. The molecular formula is C17H25NO2S. The van der Waals surface area contributed by atoms with Crippen LogP contribution in [0.15, 0.2) is 17.5 Å². The average molecular weight is 307 g/mol. The Kier molecular flexibility index (Phi) is 6.00. The van der Waals surface area contributed by atoms with Crippen molar-refractivity contribution < 1.29 is 9.90 Å². The van der Waals surface area contributed by atoms with Gasteiger partial charge in [-0.15, -0.1) is 11.3 Å². The van der Waals surface area contributed by atoms with E-state index in [4.69, 9.17) is 5.11 Å². The zero-order valence-corrected chi connectivity index (χ0v) is 13.7. The fourth-order valence-electron chi connectivity index (χ4n) is 3.05. The van der Waals surface area contributed by atoms with Crippen molar-refractivity contribution in [3.8, 4) is 0 Å². The summed E-state index contributed by atoms with van der Waals surface area (Å²) in [5.74, 6) is -0.231. The Morgan fingerprint density at radius 2 is 2.19 bits per heavy atom. The zero-order chi connectivity index (χ0) is 15.2. The van der Waals surface area contributed by atoms with Crippen LogP contribution in [0.25, 0.3) is 6.08 Å². The van der Waals surface area contributed by atoms with Crippen LogP contribution >= 0.6 is 11.3 Å². The van der Waals surface area contributed by atoms with Gasteiger partial charge in [0, 0.05) is 30.1 Å². The highest BCUT2D eigenvalue weighted by Crippen LogP contribution is 2.28. The molecule has 1 aromatic heterocycles. The van der Waals surface area contributed by atoms with Crippen LogP contribution in [0, 0.1) is 5.92 Å². The van der Waals surface area contributed by atoms with Crippen molar-refractivity contribution in [1.29, 1.82) is 0 Å². The van der Waals surface area contributed by atoms with E-state index in [1.807, 2.05) is 6.07 Å². The monoisotopic (exact) mass is 307 g/mol. The second-order valence-electron chi connectivity index (χ2n) is 6.23. The summed E-state index contributed by atoms with van der Waals surface area (Å²) in [5.41, 5.74) is 1.05. The van der Waals surface area contributed by atoms with Gasteiger partial charge in [-0.05, 0) is 41.8 Å². The second kappa shape index (κ2) is 7.76. The molecule has 0 atom stereocenters. The molecule has 1 saturated carbocycles. The minimum Gasteiger partial charge on any atom is -0.478 e. The van der Waals surface area contributed by atoms with E-state index >= 15 is 0 Å². The van der Waals surface area contributed by atoms with E-state index in [1.54, 1.807) is 17.4 Å². The average Bonchev–Trinajstić information content (AvgIpc) is 3.06. The van der Waals surface area contributed by atoms with E-state index in [1.165, 1.54) is 36.6 Å². The van der Waals surface area contributed by atoms with Gasteiger partial charge in [-0.2, -0.15) is 0 Å². The van der Waals surface area contributed by atoms with Crippen molar-refractivity contribution in [2.75, 3.05) is 6.54 Å². The molecule has 0 bridgehead atoms. The molecule has 21 heavy (non-hydrogen) atoms. The highest BCUT2D eigenvalue weighted by atomic mass is 32.1. The number of carboxylic acid groups (broad SMARTS) is 1. The molecule has 0 saturated heterocycles. The Hall–Kier alpha value is -1.13. The van der Waals surface area contributed by atoms with Crippen molar-refractivity contribution in [3.05, 3.63) is 28.0 Å². The van der Waals surface area contributed by atoms with Gasteiger partial charge in [-0.25, -0.2) is 4.79 Å². The number of carbonyl (C=O) groups is 1. The first-order valence-corrected chi connectivity index (χ1v) is 8.65. The number of thiophene rings is 1. The Bertz CT molecular complexity index is 487. The van der Waals surface area contributed by atoms with Gasteiger partial charge >= 0.3 is 5.97 Å². The number of nitrogens with zero attached hydrogens (tertiary/aromatic N) is 1. The highest BCUT2D eigenvalue weighted by molar-refractivity contribution is 7.10. The summed E-state index contributed by atoms with van der Waals surface area (Å²) in [6.45, 7) is 6.59. The molecule has 0 radical (unpaired) electrons. The third-order valence-electron chi connectivity index (χ3n) is 3.97. The van der Waals surface area contributed by atoms with E-state index in [0.29, 0.717) is 12.0 Å². The first-order chi connectivity index (χ1) is 10.1. The molecule has 0 amide bonds. The maximum absolute atomic E-state index is 10.7. The van der Waals surface area contributed by atoms with Gasteiger partial charge in [0.25, 0.3) is 0 Å². The van der Waals surface area contributed by atoms with Crippen LogP contribution in [0.4, 0.5) is 0 Å². The van der Waals surface area contributed by atoms with Crippen molar-refractivity contribution in [2.45, 2.75) is 52.1 Å². The number of carboxylic acids is 1. The van der Waals surface area contributed by atoms with Crippen molar-refractivity contribution in [3.63, 3.8) is 0 Å². The lowest BCUT2D eigenvalue weighted by molar-refractivity contribution is -0.131. The Morgan fingerprint density at radius 1 is 1.48 bits per heavy atom. The fourth-order valence-corrected chi connectivity index (χ4v) is 3.95. The molecule has 3 nitrogen and oxygen atoms in total. The van der Waals surface area contributed by atoms with Gasteiger partial charge in [-0.3, -0.25) is 4.90 Å². The predicted molar refractivity (Wildman–Crippen MR) is 88.5 cm³/mol. The Labute approximate surface area is 131 Å². The minimum absolute atomic E-state index is 0.656. The molecule has 1 heterocycles. The van der Waals surface area contributed by atoms with E-state index in [-0.39, 0.29) is 0 Å². The number of rotatable bonds is 7. The van der Waals surface area contributed by atoms with Crippen LogP contribution in [0.3, 0.4) is 0 Å². The largest absolute Gasteiger partial charge is 0.478 e. The smallest absolute Gasteiger partial charge is 0.328 e. The van der Waals surface area contributed by atoms with Crippen LogP contribution in [0.2, 0.25) is 0 Å². The summed E-state index contributed by atoms with van der Waals surface area (Å²) in [6, 6.07) is 2.72. The summed E-state index contributed by atoms with van der Waals surface area (Å²) in [7, 11) is 0. The van der Waals surface area contributed by atoms with Gasteiger partial charge in [0.2, 0.25) is 0 Å². The number of hydrogen-bond acceptors (Lipinski definition) is 3. The number of hydrogen-bond donors (Lipinski definition) is 1. The normalized spacial score (nSPS) is 16.6. The SMILES string of the molecule is CC(C)CN(Cc1sccc1/C=C/C(=O)O)C1CCCC1. The Balaban J connectivity index is 2.09. The van der Waals surface area contributed by atoms with Crippen LogP contribution < -0.4 is 0 Å². The van der Waals surface area contributed by atoms with Gasteiger partial charge < -0.3 is 5.11 Å². The molecule has 1 N–H and O–H groups in total. The summed E-state index contributed by atoms with van der Waals surface area (Å²) in [5, 5.41) is 10.8. The topological polar surface area (TPSA) is 40.5 Å².